The highest BCUT2D eigenvalue weighted by atomic mass is 14.7. The number of pyridine rings is 1. The van der Waals surface area contributed by atoms with Crippen molar-refractivity contribution in [3.8, 4) is 44.6 Å². The molecule has 1 nitrogen and oxygen atoms in total. The van der Waals surface area contributed by atoms with Crippen molar-refractivity contribution >= 4 is 32.3 Å². The average molecular weight is 522 g/mol. The van der Waals surface area contributed by atoms with Gasteiger partial charge in [0.1, 0.15) is 0 Å². The number of benzene rings is 7. The summed E-state index contributed by atoms with van der Waals surface area (Å²) in [6.45, 7) is 2.18. The van der Waals surface area contributed by atoms with Gasteiger partial charge in [-0.05, 0) is 96.4 Å². The van der Waals surface area contributed by atoms with Gasteiger partial charge in [0.25, 0.3) is 0 Å². The summed E-state index contributed by atoms with van der Waals surface area (Å²) < 4.78 is 0. The summed E-state index contributed by atoms with van der Waals surface area (Å²) in [5.74, 6) is 0. The van der Waals surface area contributed by atoms with Crippen molar-refractivity contribution in [2.24, 2.45) is 0 Å². The van der Waals surface area contributed by atoms with Gasteiger partial charge in [0.2, 0.25) is 0 Å². The van der Waals surface area contributed by atoms with Gasteiger partial charge in [-0.2, -0.15) is 0 Å². The molecule has 0 aliphatic rings. The molecule has 192 valence electrons. The third-order valence-corrected chi connectivity index (χ3v) is 8.32. The van der Waals surface area contributed by atoms with Crippen LogP contribution in [0.3, 0.4) is 0 Å². The van der Waals surface area contributed by atoms with Crippen molar-refractivity contribution in [1.82, 2.24) is 4.98 Å². The maximum atomic E-state index is 4.55. The Labute approximate surface area is 239 Å². The molecule has 1 aromatic heterocycles. The standard InChI is InChI=1S/C40H27N/c1-26-23-32-18-20-34-36(29-12-10-28(11-13-29)27-7-3-2-4-8-27)25-37(35-21-19-33(24-26)39(32)40(34)35)30-14-16-31(17-15-30)38-9-5-6-22-41-38/h2-25H,1H3. The Morgan fingerprint density at radius 2 is 0.951 bits per heavy atom. The molecule has 0 N–H and O–H groups in total. The Bertz CT molecular complexity index is 2010. The van der Waals surface area contributed by atoms with Crippen molar-refractivity contribution in [1.29, 1.82) is 0 Å². The number of hydrogen-bond acceptors (Lipinski definition) is 1. The smallest absolute Gasteiger partial charge is 0.0701 e. The molecule has 0 radical (unpaired) electrons. The van der Waals surface area contributed by atoms with Gasteiger partial charge >= 0.3 is 0 Å². The second-order valence-electron chi connectivity index (χ2n) is 10.9. The van der Waals surface area contributed by atoms with Crippen LogP contribution in [0.1, 0.15) is 5.56 Å². The molecular formula is C40H27N. The van der Waals surface area contributed by atoms with E-state index in [9.17, 15) is 0 Å². The van der Waals surface area contributed by atoms with Crippen LogP contribution < -0.4 is 0 Å². The van der Waals surface area contributed by atoms with Crippen molar-refractivity contribution in [2.45, 2.75) is 6.92 Å². The van der Waals surface area contributed by atoms with Gasteiger partial charge in [0.15, 0.2) is 0 Å². The summed E-state index contributed by atoms with van der Waals surface area (Å²) >= 11 is 0. The molecule has 41 heavy (non-hydrogen) atoms. The summed E-state index contributed by atoms with van der Waals surface area (Å²) in [6, 6.07) is 50.7. The lowest BCUT2D eigenvalue weighted by Crippen LogP contribution is -1.92. The van der Waals surface area contributed by atoms with Crippen LogP contribution in [0.4, 0.5) is 0 Å². The topological polar surface area (TPSA) is 12.9 Å². The summed E-state index contributed by atoms with van der Waals surface area (Å²) in [5, 5.41) is 7.87. The van der Waals surface area contributed by atoms with Gasteiger partial charge in [-0.25, -0.2) is 0 Å². The maximum absolute atomic E-state index is 4.55. The van der Waals surface area contributed by atoms with Gasteiger partial charge in [-0.1, -0.05) is 121 Å². The van der Waals surface area contributed by atoms with Crippen LogP contribution in [-0.4, -0.2) is 4.98 Å². The second kappa shape index (κ2) is 9.43. The summed E-state index contributed by atoms with van der Waals surface area (Å²) in [7, 11) is 0. The number of aromatic nitrogens is 1. The van der Waals surface area contributed by atoms with E-state index in [-0.39, 0.29) is 0 Å². The van der Waals surface area contributed by atoms with E-state index in [0.717, 1.165) is 11.3 Å². The number of aryl methyl sites for hydroxylation is 1. The molecule has 1 heteroatoms. The minimum absolute atomic E-state index is 0.990. The highest BCUT2D eigenvalue weighted by Crippen LogP contribution is 2.44. The highest BCUT2D eigenvalue weighted by Gasteiger charge is 2.17. The van der Waals surface area contributed by atoms with Crippen LogP contribution >= 0.6 is 0 Å². The van der Waals surface area contributed by atoms with E-state index in [2.05, 4.69) is 139 Å². The lowest BCUT2D eigenvalue weighted by molar-refractivity contribution is 1.33. The first-order chi connectivity index (χ1) is 20.2. The number of nitrogens with zero attached hydrogens (tertiary/aromatic N) is 1. The first-order valence-corrected chi connectivity index (χ1v) is 14.1. The molecule has 8 aromatic rings. The van der Waals surface area contributed by atoms with Crippen LogP contribution in [0, 0.1) is 6.92 Å². The van der Waals surface area contributed by atoms with E-state index in [1.165, 1.54) is 71.3 Å². The molecule has 0 aliphatic heterocycles. The molecule has 0 saturated carbocycles. The van der Waals surface area contributed by atoms with Crippen LogP contribution in [-0.2, 0) is 0 Å². The van der Waals surface area contributed by atoms with Crippen molar-refractivity contribution in [3.05, 3.63) is 151 Å². The van der Waals surface area contributed by atoms with Crippen molar-refractivity contribution in [2.75, 3.05) is 0 Å². The predicted molar refractivity (Wildman–Crippen MR) is 174 cm³/mol. The molecule has 0 bridgehead atoms. The largest absolute Gasteiger partial charge is 0.256 e. The van der Waals surface area contributed by atoms with Crippen LogP contribution in [0.2, 0.25) is 0 Å². The van der Waals surface area contributed by atoms with Gasteiger partial charge in [-0.15, -0.1) is 0 Å². The molecule has 8 rings (SSSR count). The zero-order chi connectivity index (χ0) is 27.3. The fraction of sp³-hybridized carbons (Fsp3) is 0.0250. The van der Waals surface area contributed by atoms with E-state index in [1.54, 1.807) is 0 Å². The Morgan fingerprint density at radius 3 is 1.54 bits per heavy atom. The lowest BCUT2D eigenvalue weighted by Gasteiger charge is -2.19. The Balaban J connectivity index is 1.37. The van der Waals surface area contributed by atoms with Gasteiger partial charge in [-0.3, -0.25) is 4.98 Å². The van der Waals surface area contributed by atoms with Crippen molar-refractivity contribution in [3.63, 3.8) is 0 Å². The molecular weight excluding hydrogens is 494 g/mol. The Morgan fingerprint density at radius 1 is 0.415 bits per heavy atom. The molecule has 0 unspecified atom stereocenters. The molecule has 7 aromatic carbocycles. The van der Waals surface area contributed by atoms with Gasteiger partial charge < -0.3 is 0 Å². The third-order valence-electron chi connectivity index (χ3n) is 8.32. The Hall–Kier alpha value is -5.27. The molecule has 0 spiro atoms. The van der Waals surface area contributed by atoms with E-state index < -0.39 is 0 Å². The Kier molecular flexibility index (Phi) is 5.43. The van der Waals surface area contributed by atoms with E-state index in [4.69, 9.17) is 0 Å². The molecule has 0 fully saturated rings. The van der Waals surface area contributed by atoms with Gasteiger partial charge in [0.05, 0.1) is 5.69 Å². The highest BCUT2D eigenvalue weighted by molar-refractivity contribution is 6.28. The molecule has 0 saturated heterocycles. The zero-order valence-corrected chi connectivity index (χ0v) is 22.8. The first kappa shape index (κ1) is 23.6. The van der Waals surface area contributed by atoms with E-state index in [0.29, 0.717) is 0 Å². The average Bonchev–Trinajstić information content (AvgIpc) is 3.04. The number of hydrogen-bond donors (Lipinski definition) is 0. The fourth-order valence-electron chi connectivity index (χ4n) is 6.38. The zero-order valence-electron chi connectivity index (χ0n) is 22.8. The molecule has 1 heterocycles. The molecule has 0 aliphatic carbocycles. The second-order valence-corrected chi connectivity index (χ2v) is 10.9. The van der Waals surface area contributed by atoms with E-state index in [1.807, 2.05) is 18.3 Å². The van der Waals surface area contributed by atoms with E-state index >= 15 is 0 Å². The molecule has 0 amide bonds. The first-order valence-electron chi connectivity index (χ1n) is 14.1. The van der Waals surface area contributed by atoms with Crippen LogP contribution in [0.15, 0.2) is 146 Å². The SMILES string of the molecule is Cc1cc2ccc3c(-c4ccc(-c5ccccc5)cc4)cc(-c4ccc(-c5ccccn5)cc4)c4ccc(c1)c2c34. The van der Waals surface area contributed by atoms with Gasteiger partial charge in [0, 0.05) is 11.8 Å². The summed E-state index contributed by atoms with van der Waals surface area (Å²) in [5.41, 5.74) is 10.8. The minimum atomic E-state index is 0.990. The number of rotatable bonds is 4. The fourth-order valence-corrected chi connectivity index (χ4v) is 6.38. The predicted octanol–water partition coefficient (Wildman–Crippen LogP) is 11.0. The summed E-state index contributed by atoms with van der Waals surface area (Å²) in [6.07, 6.45) is 1.85. The normalized spacial score (nSPS) is 11.5. The van der Waals surface area contributed by atoms with Crippen LogP contribution in [0.5, 0.6) is 0 Å². The van der Waals surface area contributed by atoms with Crippen molar-refractivity contribution < 1.29 is 0 Å². The summed E-state index contributed by atoms with van der Waals surface area (Å²) in [4.78, 5) is 4.55. The maximum Gasteiger partial charge on any atom is 0.0701 e. The molecule has 0 atom stereocenters. The minimum Gasteiger partial charge on any atom is -0.256 e. The monoisotopic (exact) mass is 521 g/mol. The van der Waals surface area contributed by atoms with Crippen LogP contribution in [0.25, 0.3) is 77.0 Å². The third kappa shape index (κ3) is 3.98. The quantitative estimate of drug-likeness (QED) is 0.210. The lowest BCUT2D eigenvalue weighted by atomic mass is 9.85.